The Bertz CT molecular complexity index is 1050. The number of halogens is 1. The average Bonchev–Trinajstić information content (AvgIpc) is 3.18. The Morgan fingerprint density at radius 2 is 1.87 bits per heavy atom. The predicted molar refractivity (Wildman–Crippen MR) is 127 cm³/mol. The summed E-state index contributed by atoms with van der Waals surface area (Å²) in [6, 6.07) is 9.29. The highest BCUT2D eigenvalue weighted by molar-refractivity contribution is 7.22. The van der Waals surface area contributed by atoms with Gasteiger partial charge in [-0.15, -0.1) is 0 Å². The molecule has 3 rings (SSSR count). The molecule has 0 N–H and O–H groups in total. The first-order valence-corrected chi connectivity index (χ1v) is 11.3. The number of fused-ring (bicyclic) bond motifs is 1. The Morgan fingerprint density at radius 1 is 1.13 bits per heavy atom. The lowest BCUT2D eigenvalue weighted by Gasteiger charge is -2.25. The van der Waals surface area contributed by atoms with Gasteiger partial charge in [0.2, 0.25) is 0 Å². The van der Waals surface area contributed by atoms with Gasteiger partial charge in [-0.3, -0.25) is 9.69 Å². The molecule has 160 valence electrons. The summed E-state index contributed by atoms with van der Waals surface area (Å²) in [5.74, 6) is 0.348. The van der Waals surface area contributed by atoms with Gasteiger partial charge < -0.3 is 9.64 Å². The van der Waals surface area contributed by atoms with Crippen molar-refractivity contribution in [3.05, 3.63) is 52.0 Å². The van der Waals surface area contributed by atoms with E-state index in [9.17, 15) is 4.79 Å². The number of amides is 1. The molecule has 0 saturated carbocycles. The minimum atomic E-state index is -0.157. The average molecular weight is 446 g/mol. The number of aryl methyl sites for hydroxylation is 2. The van der Waals surface area contributed by atoms with Gasteiger partial charge in [0.05, 0.1) is 22.9 Å². The molecular weight excluding hydrogens is 418 g/mol. The zero-order valence-electron chi connectivity index (χ0n) is 18.2. The first kappa shape index (κ1) is 22.5. The van der Waals surface area contributed by atoms with Gasteiger partial charge in [0, 0.05) is 18.1 Å². The number of rotatable bonds is 8. The van der Waals surface area contributed by atoms with Gasteiger partial charge in [0.15, 0.2) is 5.13 Å². The topological polar surface area (TPSA) is 45.7 Å². The van der Waals surface area contributed by atoms with E-state index in [1.807, 2.05) is 0 Å². The zero-order chi connectivity index (χ0) is 21.8. The number of carbonyl (C=O) groups excluding carboxylic acids is 1. The third-order valence-corrected chi connectivity index (χ3v) is 6.75. The molecule has 1 aromatic heterocycles. The van der Waals surface area contributed by atoms with Crippen molar-refractivity contribution in [2.75, 3.05) is 38.2 Å². The van der Waals surface area contributed by atoms with Crippen LogP contribution in [0.2, 0.25) is 5.02 Å². The van der Waals surface area contributed by atoms with Crippen LogP contribution >= 0.6 is 22.9 Å². The van der Waals surface area contributed by atoms with E-state index in [1.54, 1.807) is 30.2 Å². The summed E-state index contributed by atoms with van der Waals surface area (Å²) in [6.07, 6.45) is 0. The molecule has 0 spiro atoms. The molecule has 0 bridgehead atoms. The standard InChI is InChI=1S/C23H28ClN3O2S/c1-6-26(7-2)12-13-27(22(28)18-14-17(24)9-10-19(18)29-5)23-25-21-16(4)15(3)8-11-20(21)30-23/h8-11,14H,6-7,12-13H2,1-5H3. The van der Waals surface area contributed by atoms with Crippen molar-refractivity contribution in [3.8, 4) is 5.75 Å². The molecule has 3 aromatic rings. The minimum Gasteiger partial charge on any atom is -0.496 e. The number of methoxy groups -OCH3 is 1. The monoisotopic (exact) mass is 445 g/mol. The van der Waals surface area contributed by atoms with Crippen molar-refractivity contribution in [2.24, 2.45) is 0 Å². The van der Waals surface area contributed by atoms with Crippen LogP contribution in [0.15, 0.2) is 30.3 Å². The fourth-order valence-electron chi connectivity index (χ4n) is 3.39. The molecule has 0 aliphatic heterocycles. The Kier molecular flexibility index (Phi) is 7.34. The van der Waals surface area contributed by atoms with E-state index in [0.717, 1.165) is 35.4 Å². The second-order valence-electron chi connectivity index (χ2n) is 7.18. The smallest absolute Gasteiger partial charge is 0.263 e. The Morgan fingerprint density at radius 3 is 2.53 bits per heavy atom. The van der Waals surface area contributed by atoms with Crippen LogP contribution < -0.4 is 9.64 Å². The number of hydrogen-bond acceptors (Lipinski definition) is 5. The fourth-order valence-corrected chi connectivity index (χ4v) is 4.61. The van der Waals surface area contributed by atoms with E-state index >= 15 is 0 Å². The molecule has 0 atom stereocenters. The highest BCUT2D eigenvalue weighted by atomic mass is 35.5. The number of carbonyl (C=O) groups is 1. The second kappa shape index (κ2) is 9.77. The van der Waals surface area contributed by atoms with Crippen molar-refractivity contribution in [1.82, 2.24) is 9.88 Å². The molecule has 7 heteroatoms. The first-order valence-electron chi connectivity index (χ1n) is 10.1. The van der Waals surface area contributed by atoms with Gasteiger partial charge in [-0.1, -0.05) is 42.9 Å². The third kappa shape index (κ3) is 4.61. The van der Waals surface area contributed by atoms with E-state index < -0.39 is 0 Å². The maximum Gasteiger partial charge on any atom is 0.263 e. The number of ether oxygens (including phenoxy) is 1. The molecule has 1 amide bonds. The van der Waals surface area contributed by atoms with Crippen molar-refractivity contribution in [2.45, 2.75) is 27.7 Å². The molecule has 0 aliphatic rings. The summed E-state index contributed by atoms with van der Waals surface area (Å²) in [4.78, 5) is 22.5. The van der Waals surface area contributed by atoms with E-state index in [2.05, 4.69) is 44.7 Å². The highest BCUT2D eigenvalue weighted by Gasteiger charge is 2.25. The summed E-state index contributed by atoms with van der Waals surface area (Å²) < 4.78 is 6.51. The van der Waals surface area contributed by atoms with Crippen molar-refractivity contribution in [1.29, 1.82) is 0 Å². The van der Waals surface area contributed by atoms with Crippen LogP contribution in [-0.2, 0) is 0 Å². The maximum atomic E-state index is 13.6. The third-order valence-electron chi connectivity index (χ3n) is 5.48. The van der Waals surface area contributed by atoms with Gasteiger partial charge >= 0.3 is 0 Å². The molecule has 0 saturated heterocycles. The molecule has 1 heterocycles. The van der Waals surface area contributed by atoms with Crippen LogP contribution in [-0.4, -0.2) is 49.1 Å². The quantitative estimate of drug-likeness (QED) is 0.455. The van der Waals surface area contributed by atoms with Gasteiger partial charge in [0.25, 0.3) is 5.91 Å². The number of benzene rings is 2. The van der Waals surface area contributed by atoms with Gasteiger partial charge in [-0.25, -0.2) is 4.98 Å². The Labute approximate surface area is 187 Å². The van der Waals surface area contributed by atoms with Crippen LogP contribution in [0.4, 0.5) is 5.13 Å². The van der Waals surface area contributed by atoms with Crippen molar-refractivity contribution >= 4 is 44.2 Å². The Hall–Kier alpha value is -2.15. The van der Waals surface area contributed by atoms with Crippen LogP contribution in [0.25, 0.3) is 10.2 Å². The van der Waals surface area contributed by atoms with E-state index in [-0.39, 0.29) is 5.91 Å². The van der Waals surface area contributed by atoms with Crippen LogP contribution in [0.5, 0.6) is 5.75 Å². The van der Waals surface area contributed by atoms with Gasteiger partial charge in [0.1, 0.15) is 5.75 Å². The number of likely N-dealkylation sites (N-methyl/N-ethyl adjacent to an activating group) is 1. The number of aromatic nitrogens is 1. The molecule has 0 unspecified atom stereocenters. The lowest BCUT2D eigenvalue weighted by atomic mass is 10.1. The Balaban J connectivity index is 2.06. The van der Waals surface area contributed by atoms with Crippen molar-refractivity contribution in [3.63, 3.8) is 0 Å². The summed E-state index contributed by atoms with van der Waals surface area (Å²) >= 11 is 7.73. The molecule has 0 radical (unpaired) electrons. The zero-order valence-corrected chi connectivity index (χ0v) is 19.7. The molecule has 5 nitrogen and oxygen atoms in total. The minimum absolute atomic E-state index is 0.157. The molecule has 30 heavy (non-hydrogen) atoms. The van der Waals surface area contributed by atoms with Crippen LogP contribution in [0, 0.1) is 13.8 Å². The van der Waals surface area contributed by atoms with E-state index in [0.29, 0.717) is 28.0 Å². The molecule has 0 aliphatic carbocycles. The molecule has 0 fully saturated rings. The van der Waals surface area contributed by atoms with Crippen LogP contribution in [0.3, 0.4) is 0 Å². The maximum absolute atomic E-state index is 13.6. The number of nitrogens with zero attached hydrogens (tertiary/aromatic N) is 3. The van der Waals surface area contributed by atoms with Gasteiger partial charge in [-0.05, 0) is 62.3 Å². The summed E-state index contributed by atoms with van der Waals surface area (Å²) in [6.45, 7) is 11.5. The fraction of sp³-hybridized carbons (Fsp3) is 0.391. The van der Waals surface area contributed by atoms with E-state index in [1.165, 1.54) is 16.9 Å². The predicted octanol–water partition coefficient (Wildman–Crippen LogP) is 5.56. The van der Waals surface area contributed by atoms with Crippen molar-refractivity contribution < 1.29 is 9.53 Å². The lowest BCUT2D eigenvalue weighted by molar-refractivity contribution is 0.0981. The highest BCUT2D eigenvalue weighted by Crippen LogP contribution is 2.34. The summed E-state index contributed by atoms with van der Waals surface area (Å²) in [5, 5.41) is 1.19. The number of anilines is 1. The lowest BCUT2D eigenvalue weighted by Crippen LogP contribution is -2.39. The van der Waals surface area contributed by atoms with Crippen LogP contribution in [0.1, 0.15) is 35.3 Å². The normalized spacial score (nSPS) is 11.3. The largest absolute Gasteiger partial charge is 0.496 e. The van der Waals surface area contributed by atoms with Gasteiger partial charge in [-0.2, -0.15) is 0 Å². The summed E-state index contributed by atoms with van der Waals surface area (Å²) in [5.41, 5.74) is 3.73. The molecular formula is C23H28ClN3O2S. The summed E-state index contributed by atoms with van der Waals surface area (Å²) in [7, 11) is 1.56. The van der Waals surface area contributed by atoms with E-state index in [4.69, 9.17) is 21.3 Å². The SMILES string of the molecule is CCN(CC)CCN(C(=O)c1cc(Cl)ccc1OC)c1nc2c(C)c(C)ccc2s1. The number of thiazole rings is 1. The number of hydrogen-bond donors (Lipinski definition) is 0. The molecule has 2 aromatic carbocycles. The second-order valence-corrected chi connectivity index (χ2v) is 8.62. The first-order chi connectivity index (χ1) is 14.4.